The number of pyridine rings is 2. The highest BCUT2D eigenvalue weighted by Gasteiger charge is 2.15. The van der Waals surface area contributed by atoms with Crippen molar-refractivity contribution in [2.45, 2.75) is 6.42 Å². The number of fused-ring (bicyclic) bond motifs is 1. The number of nitrogens with zero attached hydrogens (tertiary/aromatic N) is 3. The fraction of sp³-hybridized carbons (Fsp3) is 0.0741. The smallest absolute Gasteiger partial charge is 0.254 e. The summed E-state index contributed by atoms with van der Waals surface area (Å²) in [6, 6.07) is 16.0. The van der Waals surface area contributed by atoms with E-state index in [0.29, 0.717) is 16.2 Å². The van der Waals surface area contributed by atoms with Crippen molar-refractivity contribution < 1.29 is 18.7 Å². The van der Waals surface area contributed by atoms with E-state index in [1.54, 1.807) is 25.4 Å². The van der Waals surface area contributed by atoms with Crippen LogP contribution in [0.1, 0.15) is 15.9 Å². The second-order valence-electron chi connectivity index (χ2n) is 8.38. The summed E-state index contributed by atoms with van der Waals surface area (Å²) in [4.78, 5) is 44.5. The maximum absolute atomic E-state index is 14.7. The number of carbonyl (C=O) groups is 2. The molecule has 2 amide bonds. The molecule has 0 atom stereocenters. The van der Waals surface area contributed by atoms with E-state index in [1.165, 1.54) is 46.4 Å². The van der Waals surface area contributed by atoms with Crippen LogP contribution in [-0.4, -0.2) is 26.3 Å². The first-order valence-electron chi connectivity index (χ1n) is 11.4. The maximum Gasteiger partial charge on any atom is 0.254 e. The molecule has 0 saturated carbocycles. The van der Waals surface area contributed by atoms with Crippen LogP contribution in [0.2, 0.25) is 0 Å². The molecule has 0 aliphatic rings. The topological polar surface area (TPSA) is 129 Å². The van der Waals surface area contributed by atoms with Gasteiger partial charge in [0.2, 0.25) is 11.8 Å². The van der Waals surface area contributed by atoms with Crippen LogP contribution in [0, 0.1) is 5.82 Å². The summed E-state index contributed by atoms with van der Waals surface area (Å²) in [5, 5.41) is 3.15. The molecule has 0 spiro atoms. The number of primary amides is 1. The molecular weight excluding hydrogens is 509 g/mol. The van der Waals surface area contributed by atoms with Gasteiger partial charge in [-0.3, -0.25) is 14.4 Å². The minimum Gasteiger partial charge on any atom is -0.435 e. The molecule has 5 rings (SSSR count). The Labute approximate surface area is 219 Å². The molecule has 0 saturated heterocycles. The number of hydrogen-bond acceptors (Lipinski definition) is 7. The average Bonchev–Trinajstić information content (AvgIpc) is 3.28. The van der Waals surface area contributed by atoms with Crippen molar-refractivity contribution in [1.29, 1.82) is 0 Å². The highest BCUT2D eigenvalue weighted by atomic mass is 32.1. The number of carbonyl (C=O) groups excluding carboxylic acids is 2. The summed E-state index contributed by atoms with van der Waals surface area (Å²) in [6.07, 6.45) is 3.00. The van der Waals surface area contributed by atoms with Gasteiger partial charge in [-0.25, -0.2) is 14.4 Å². The molecule has 3 aromatic heterocycles. The number of nitrogens with two attached hydrogens (primary N) is 1. The summed E-state index contributed by atoms with van der Waals surface area (Å²) < 4.78 is 22.5. The molecule has 3 N–H and O–H groups in total. The summed E-state index contributed by atoms with van der Waals surface area (Å²) >= 11 is 1.31. The van der Waals surface area contributed by atoms with Crippen LogP contribution in [-0.2, 0) is 18.3 Å². The van der Waals surface area contributed by atoms with Gasteiger partial charge in [-0.05, 0) is 59.2 Å². The lowest BCUT2D eigenvalue weighted by Gasteiger charge is -2.09. The molecule has 3 heterocycles. The first-order valence-corrected chi connectivity index (χ1v) is 12.2. The molecule has 0 aliphatic carbocycles. The van der Waals surface area contributed by atoms with Gasteiger partial charge in [0.1, 0.15) is 5.56 Å². The van der Waals surface area contributed by atoms with Crippen LogP contribution >= 0.6 is 11.3 Å². The molecule has 38 heavy (non-hydrogen) atoms. The monoisotopic (exact) mass is 529 g/mol. The van der Waals surface area contributed by atoms with Gasteiger partial charge in [-0.15, -0.1) is 0 Å². The third-order valence-corrected chi connectivity index (χ3v) is 6.63. The van der Waals surface area contributed by atoms with Crippen molar-refractivity contribution >= 4 is 38.5 Å². The predicted octanol–water partition coefficient (Wildman–Crippen LogP) is 4.27. The highest BCUT2D eigenvalue weighted by molar-refractivity contribution is 7.22. The molecule has 9 nitrogen and oxygen atoms in total. The van der Waals surface area contributed by atoms with E-state index < -0.39 is 11.7 Å². The Morgan fingerprint density at radius 3 is 2.68 bits per heavy atom. The number of aryl methyl sites for hydroxylation is 1. The van der Waals surface area contributed by atoms with E-state index in [-0.39, 0.29) is 35.1 Å². The number of anilines is 1. The van der Waals surface area contributed by atoms with Crippen molar-refractivity contribution in [2.24, 2.45) is 12.8 Å². The summed E-state index contributed by atoms with van der Waals surface area (Å²) in [6.45, 7) is 0. The Kier molecular flexibility index (Phi) is 6.67. The number of rotatable bonds is 7. The Morgan fingerprint density at radius 1 is 1.11 bits per heavy atom. The second kappa shape index (κ2) is 10.2. The Bertz CT molecular complexity index is 1760. The van der Waals surface area contributed by atoms with Gasteiger partial charge in [0.05, 0.1) is 16.6 Å². The van der Waals surface area contributed by atoms with E-state index in [4.69, 9.17) is 10.5 Å². The Balaban J connectivity index is 1.27. The molecule has 11 heteroatoms. The summed E-state index contributed by atoms with van der Waals surface area (Å²) in [7, 11) is 1.68. The normalized spacial score (nSPS) is 10.9. The third-order valence-electron chi connectivity index (χ3n) is 5.68. The van der Waals surface area contributed by atoms with E-state index in [1.807, 2.05) is 24.3 Å². The number of thiazole rings is 1. The maximum atomic E-state index is 14.7. The van der Waals surface area contributed by atoms with Crippen molar-refractivity contribution in [3.63, 3.8) is 0 Å². The fourth-order valence-electron chi connectivity index (χ4n) is 3.74. The van der Waals surface area contributed by atoms with Crippen molar-refractivity contribution in [3.05, 3.63) is 100 Å². The lowest BCUT2D eigenvalue weighted by Crippen LogP contribution is -2.14. The molecule has 2 aromatic carbocycles. The zero-order chi connectivity index (χ0) is 26.8. The predicted molar refractivity (Wildman–Crippen MR) is 142 cm³/mol. The average molecular weight is 530 g/mol. The lowest BCUT2D eigenvalue weighted by molar-refractivity contribution is -0.115. The molecule has 0 radical (unpaired) electrons. The summed E-state index contributed by atoms with van der Waals surface area (Å²) in [5.41, 5.74) is 7.92. The molecule has 0 fully saturated rings. The number of amides is 2. The molecule has 0 unspecified atom stereocenters. The number of halogens is 1. The first kappa shape index (κ1) is 24.8. The van der Waals surface area contributed by atoms with E-state index in [0.717, 1.165) is 15.8 Å². The van der Waals surface area contributed by atoms with Gasteiger partial charge < -0.3 is 20.4 Å². The molecule has 5 aromatic rings. The number of aromatic nitrogens is 3. The first-order chi connectivity index (χ1) is 18.3. The number of nitrogens with one attached hydrogen (secondary N) is 1. The van der Waals surface area contributed by atoms with Crippen LogP contribution in [0.5, 0.6) is 11.6 Å². The number of benzene rings is 2. The zero-order valence-electron chi connectivity index (χ0n) is 20.0. The van der Waals surface area contributed by atoms with Gasteiger partial charge in [0, 0.05) is 25.5 Å². The number of hydrogen-bond donors (Lipinski definition) is 2. The quantitative estimate of drug-likeness (QED) is 0.324. The van der Waals surface area contributed by atoms with E-state index in [2.05, 4.69) is 15.3 Å². The standard InChI is InChI=1S/C27H20FN5O4S/c1-33-10-8-17(14-24(33)35)16-5-7-22-20(13-16)31-27(38-22)32-23(34)12-15-4-6-21(19(28)11-15)37-26-18(25(29)36)3-2-9-30-26/h2-11,13-14H,12H2,1H3,(H2,29,36)(H,31,32,34). The summed E-state index contributed by atoms with van der Waals surface area (Å²) in [5.74, 6) is -2.12. The minimum atomic E-state index is -0.751. The minimum absolute atomic E-state index is 0.0198. The Morgan fingerprint density at radius 2 is 1.92 bits per heavy atom. The van der Waals surface area contributed by atoms with Gasteiger partial charge in [-0.1, -0.05) is 23.5 Å². The van der Waals surface area contributed by atoms with E-state index >= 15 is 0 Å². The molecular formula is C27H20FN5O4S. The van der Waals surface area contributed by atoms with Gasteiger partial charge in [0.25, 0.3) is 11.5 Å². The van der Waals surface area contributed by atoms with Crippen LogP contribution in [0.25, 0.3) is 21.3 Å². The van der Waals surface area contributed by atoms with Gasteiger partial charge in [-0.2, -0.15) is 0 Å². The van der Waals surface area contributed by atoms with Gasteiger partial charge >= 0.3 is 0 Å². The van der Waals surface area contributed by atoms with Crippen LogP contribution in [0.4, 0.5) is 9.52 Å². The van der Waals surface area contributed by atoms with Crippen LogP contribution in [0.3, 0.4) is 0 Å². The van der Waals surface area contributed by atoms with E-state index in [9.17, 15) is 18.8 Å². The van der Waals surface area contributed by atoms with Crippen LogP contribution < -0.4 is 21.3 Å². The zero-order valence-corrected chi connectivity index (χ0v) is 20.8. The van der Waals surface area contributed by atoms with Crippen LogP contribution in [0.15, 0.2) is 77.9 Å². The van der Waals surface area contributed by atoms with Gasteiger partial charge in [0.15, 0.2) is 16.7 Å². The van der Waals surface area contributed by atoms with Crippen molar-refractivity contribution in [1.82, 2.24) is 14.5 Å². The number of ether oxygens (including phenoxy) is 1. The Hall–Kier alpha value is -4.90. The van der Waals surface area contributed by atoms with Crippen molar-refractivity contribution in [3.8, 4) is 22.8 Å². The highest BCUT2D eigenvalue weighted by Crippen LogP contribution is 2.30. The third kappa shape index (κ3) is 5.27. The largest absolute Gasteiger partial charge is 0.435 e. The fourth-order valence-corrected chi connectivity index (χ4v) is 4.60. The SMILES string of the molecule is Cn1ccc(-c2ccc3sc(NC(=O)Cc4ccc(Oc5ncccc5C(N)=O)c(F)c4)nc3c2)cc1=O. The van der Waals surface area contributed by atoms with Crippen molar-refractivity contribution in [2.75, 3.05) is 5.32 Å². The molecule has 0 bridgehead atoms. The second-order valence-corrected chi connectivity index (χ2v) is 9.41. The lowest BCUT2D eigenvalue weighted by atomic mass is 10.1. The molecule has 0 aliphatic heterocycles. The molecule has 190 valence electrons.